The minimum atomic E-state index is -1.07. The molecule has 0 unspecified atom stereocenters. The summed E-state index contributed by atoms with van der Waals surface area (Å²) in [4.78, 5) is 22.6. The van der Waals surface area contributed by atoms with E-state index in [4.69, 9.17) is 0 Å². The number of carbonyl (C=O) groups excluding carboxylic acids is 1. The van der Waals surface area contributed by atoms with Crippen molar-refractivity contribution in [2.24, 2.45) is 5.92 Å². The highest BCUT2D eigenvalue weighted by Crippen LogP contribution is 2.43. The second-order valence-electron chi connectivity index (χ2n) is 5.29. The van der Waals surface area contributed by atoms with Crippen molar-refractivity contribution < 1.29 is 14.8 Å². The van der Waals surface area contributed by atoms with E-state index >= 15 is 0 Å². The number of hydrogen-bond acceptors (Lipinski definition) is 4. The molecule has 5 heteroatoms. The van der Waals surface area contributed by atoms with Crippen LogP contribution in [0.3, 0.4) is 0 Å². The molecule has 0 aliphatic heterocycles. The number of rotatable bonds is 4. The van der Waals surface area contributed by atoms with Gasteiger partial charge >= 0.3 is 0 Å². The third kappa shape index (κ3) is 2.49. The van der Waals surface area contributed by atoms with Crippen molar-refractivity contribution in [1.29, 1.82) is 0 Å². The summed E-state index contributed by atoms with van der Waals surface area (Å²) in [6.07, 6.45) is 1.60. The Hall–Kier alpha value is -0.970. The van der Waals surface area contributed by atoms with Crippen LogP contribution >= 0.6 is 0 Å². The first-order valence-corrected chi connectivity index (χ1v) is 6.18. The summed E-state index contributed by atoms with van der Waals surface area (Å²) in [6, 6.07) is 0. The largest absolute Gasteiger partial charge is 0.389 e. The van der Waals surface area contributed by atoms with Gasteiger partial charge in [0, 0.05) is 31.1 Å². The molecule has 17 heavy (non-hydrogen) atoms. The van der Waals surface area contributed by atoms with E-state index in [1.54, 1.807) is 13.8 Å². The van der Waals surface area contributed by atoms with Crippen LogP contribution in [0.1, 0.15) is 52.9 Å². The minimum Gasteiger partial charge on any atom is -0.389 e. The minimum absolute atomic E-state index is 0.0675. The average molecular weight is 243 g/mol. The van der Waals surface area contributed by atoms with Crippen molar-refractivity contribution in [3.8, 4) is 0 Å². The quantitative estimate of drug-likeness (QED) is 0.604. The zero-order chi connectivity index (χ0) is 13.3. The van der Waals surface area contributed by atoms with Crippen LogP contribution in [-0.2, 0) is 4.79 Å². The monoisotopic (exact) mass is 243 g/mol. The van der Waals surface area contributed by atoms with E-state index in [0.29, 0.717) is 25.7 Å². The molecule has 1 aliphatic carbocycles. The van der Waals surface area contributed by atoms with Crippen molar-refractivity contribution in [3.05, 3.63) is 10.1 Å². The molecule has 5 nitrogen and oxygen atoms in total. The zero-order valence-corrected chi connectivity index (χ0v) is 10.7. The summed E-state index contributed by atoms with van der Waals surface area (Å²) < 4.78 is 0. The summed E-state index contributed by atoms with van der Waals surface area (Å²) >= 11 is 0. The molecule has 0 amide bonds. The van der Waals surface area contributed by atoms with Gasteiger partial charge in [-0.15, -0.1) is 0 Å². The standard InChI is InChI=1S/C12H21NO4/c1-4-10(14)9-8-11(3,13(16)17)6-7-12(9,15)5-2/h9,15H,4-8H2,1-3H3/t9-,11+,12+/m1/s1. The second-order valence-corrected chi connectivity index (χ2v) is 5.29. The summed E-state index contributed by atoms with van der Waals surface area (Å²) in [6.45, 7) is 5.12. The van der Waals surface area contributed by atoms with Crippen molar-refractivity contribution in [2.45, 2.75) is 64.0 Å². The van der Waals surface area contributed by atoms with Crippen LogP contribution in [0.4, 0.5) is 0 Å². The molecule has 1 N–H and O–H groups in total. The van der Waals surface area contributed by atoms with Crippen molar-refractivity contribution in [1.82, 2.24) is 0 Å². The molecule has 98 valence electrons. The van der Waals surface area contributed by atoms with E-state index in [0.717, 1.165) is 0 Å². The van der Waals surface area contributed by atoms with E-state index < -0.39 is 17.1 Å². The molecule has 0 saturated heterocycles. The van der Waals surface area contributed by atoms with E-state index in [9.17, 15) is 20.0 Å². The Morgan fingerprint density at radius 1 is 1.47 bits per heavy atom. The topological polar surface area (TPSA) is 80.4 Å². The molecule has 0 bridgehead atoms. The third-order valence-electron chi connectivity index (χ3n) is 4.18. The molecule has 0 aromatic heterocycles. The lowest BCUT2D eigenvalue weighted by Gasteiger charge is -2.42. The molecule has 0 radical (unpaired) electrons. The number of nitro groups is 1. The van der Waals surface area contributed by atoms with Crippen LogP contribution in [0.2, 0.25) is 0 Å². The van der Waals surface area contributed by atoms with E-state index in [-0.39, 0.29) is 17.1 Å². The molecule has 1 aliphatic rings. The van der Waals surface area contributed by atoms with E-state index in [1.165, 1.54) is 0 Å². The Morgan fingerprint density at radius 2 is 2.06 bits per heavy atom. The smallest absolute Gasteiger partial charge is 0.220 e. The summed E-state index contributed by atoms with van der Waals surface area (Å²) in [5, 5.41) is 21.5. The second kappa shape index (κ2) is 4.72. The first-order valence-electron chi connectivity index (χ1n) is 6.18. The molecule has 1 fully saturated rings. The number of aliphatic hydroxyl groups is 1. The molecule has 0 aromatic carbocycles. The molecule has 3 atom stereocenters. The Morgan fingerprint density at radius 3 is 2.47 bits per heavy atom. The summed E-state index contributed by atoms with van der Waals surface area (Å²) in [5.74, 6) is -0.663. The predicted octanol–water partition coefficient (Wildman–Crippen LogP) is 1.94. The highest BCUT2D eigenvalue weighted by molar-refractivity contribution is 5.82. The maximum atomic E-state index is 11.9. The summed E-state index contributed by atoms with van der Waals surface area (Å²) in [5.41, 5.74) is -2.13. The highest BCUT2D eigenvalue weighted by atomic mass is 16.6. The maximum absolute atomic E-state index is 11.9. The van der Waals surface area contributed by atoms with Gasteiger partial charge in [0.05, 0.1) is 11.5 Å². The van der Waals surface area contributed by atoms with Crippen molar-refractivity contribution in [2.75, 3.05) is 0 Å². The molecule has 0 heterocycles. The Balaban J connectivity index is 3.00. The van der Waals surface area contributed by atoms with Gasteiger partial charge in [-0.25, -0.2) is 0 Å². The van der Waals surface area contributed by atoms with Gasteiger partial charge in [0.2, 0.25) is 5.54 Å². The van der Waals surface area contributed by atoms with Gasteiger partial charge in [-0.1, -0.05) is 13.8 Å². The number of hydrogen-bond donors (Lipinski definition) is 1. The van der Waals surface area contributed by atoms with Crippen LogP contribution in [-0.4, -0.2) is 27.0 Å². The number of carbonyl (C=O) groups is 1. The Bertz CT molecular complexity index is 330. The van der Waals surface area contributed by atoms with Gasteiger partial charge in [0.15, 0.2) is 0 Å². The number of ketones is 1. The van der Waals surface area contributed by atoms with E-state index in [1.807, 2.05) is 6.92 Å². The lowest BCUT2D eigenvalue weighted by Crippen LogP contribution is -2.53. The SMILES string of the molecule is CCC(=O)[C@H]1C[C@@](C)([N+](=O)[O-])CC[C@@]1(O)CC. The zero-order valence-electron chi connectivity index (χ0n) is 10.7. The molecular weight excluding hydrogens is 222 g/mol. The van der Waals surface area contributed by atoms with Crippen LogP contribution in [0, 0.1) is 16.0 Å². The molecule has 1 saturated carbocycles. The van der Waals surface area contributed by atoms with Gasteiger partial charge in [-0.3, -0.25) is 14.9 Å². The van der Waals surface area contributed by atoms with Crippen LogP contribution in [0.15, 0.2) is 0 Å². The van der Waals surface area contributed by atoms with Gasteiger partial charge < -0.3 is 5.11 Å². The third-order valence-corrected chi connectivity index (χ3v) is 4.18. The van der Waals surface area contributed by atoms with Crippen molar-refractivity contribution >= 4 is 5.78 Å². The lowest BCUT2D eigenvalue weighted by atomic mass is 9.65. The molecule has 0 spiro atoms. The molecule has 1 rings (SSSR count). The first kappa shape index (κ1) is 14.1. The predicted molar refractivity (Wildman–Crippen MR) is 63.3 cm³/mol. The average Bonchev–Trinajstić information content (AvgIpc) is 2.31. The lowest BCUT2D eigenvalue weighted by molar-refractivity contribution is -0.573. The summed E-state index contributed by atoms with van der Waals surface area (Å²) in [7, 11) is 0. The Labute approximate surface area is 101 Å². The first-order chi connectivity index (χ1) is 7.79. The van der Waals surface area contributed by atoms with Crippen LogP contribution < -0.4 is 0 Å². The maximum Gasteiger partial charge on any atom is 0.220 e. The fraction of sp³-hybridized carbons (Fsp3) is 0.917. The fourth-order valence-electron chi connectivity index (χ4n) is 2.64. The normalized spacial score (nSPS) is 37.8. The van der Waals surface area contributed by atoms with Crippen molar-refractivity contribution in [3.63, 3.8) is 0 Å². The van der Waals surface area contributed by atoms with Gasteiger partial charge in [0.1, 0.15) is 5.78 Å². The van der Waals surface area contributed by atoms with E-state index in [2.05, 4.69) is 0 Å². The molecular formula is C12H21NO4. The van der Waals surface area contributed by atoms with Gasteiger partial charge in [0.25, 0.3) is 0 Å². The number of nitrogens with zero attached hydrogens (tertiary/aromatic N) is 1. The number of Topliss-reactive ketones (excluding diaryl/α,β-unsaturated/α-hetero) is 1. The molecule has 0 aromatic rings. The highest BCUT2D eigenvalue weighted by Gasteiger charge is 2.53. The fourth-order valence-corrected chi connectivity index (χ4v) is 2.64. The van der Waals surface area contributed by atoms with Crippen LogP contribution in [0.25, 0.3) is 0 Å². The van der Waals surface area contributed by atoms with Gasteiger partial charge in [-0.05, 0) is 12.8 Å². The Kier molecular flexibility index (Phi) is 3.91. The van der Waals surface area contributed by atoms with Gasteiger partial charge in [-0.2, -0.15) is 0 Å². The van der Waals surface area contributed by atoms with Crippen LogP contribution in [0.5, 0.6) is 0 Å².